The number of pyridine rings is 1. The first-order valence-corrected chi connectivity index (χ1v) is 13.3. The summed E-state index contributed by atoms with van der Waals surface area (Å²) >= 11 is 1.66. The molecule has 2 aromatic heterocycles. The second-order valence-corrected chi connectivity index (χ2v) is 10.2. The van der Waals surface area contributed by atoms with E-state index in [9.17, 15) is 13.2 Å². The van der Waals surface area contributed by atoms with E-state index in [0.717, 1.165) is 27.4 Å². The number of alkyl halides is 3. The van der Waals surface area contributed by atoms with Gasteiger partial charge in [-0.15, -0.1) is 41.3 Å². The SMILES string of the molecule is CN1C=CN(C)[CH-]1.O=S(=O)(O)C(F)(F)F.[Au+3].[c-]1ccccc1-c1cc(-c2ccccc2)cc(-c2[c-]ccs2)n1. The third-order valence-corrected chi connectivity index (χ3v) is 6.23. The van der Waals surface area contributed by atoms with Gasteiger partial charge in [-0.3, -0.25) is 4.55 Å². The normalized spacial score (nSPS) is 12.6. The van der Waals surface area contributed by atoms with Crippen molar-refractivity contribution in [2.24, 2.45) is 0 Å². The van der Waals surface area contributed by atoms with Gasteiger partial charge in [0.25, 0.3) is 0 Å². The van der Waals surface area contributed by atoms with Gasteiger partial charge in [-0.25, -0.2) is 11.3 Å². The average Bonchev–Trinajstić information content (AvgIpc) is 3.56. The van der Waals surface area contributed by atoms with Gasteiger partial charge in [0.1, 0.15) is 0 Å². The number of benzene rings is 2. The molecule has 0 radical (unpaired) electrons. The molecule has 3 heterocycles. The van der Waals surface area contributed by atoms with E-state index in [0.29, 0.717) is 0 Å². The van der Waals surface area contributed by atoms with Crippen LogP contribution in [0.25, 0.3) is 33.0 Å². The summed E-state index contributed by atoms with van der Waals surface area (Å²) in [4.78, 5) is 9.88. The van der Waals surface area contributed by atoms with Crippen LogP contribution in [0.15, 0.2) is 90.6 Å². The van der Waals surface area contributed by atoms with E-state index in [4.69, 9.17) is 18.0 Å². The van der Waals surface area contributed by atoms with Crippen LogP contribution in [-0.4, -0.2) is 47.4 Å². The molecule has 0 unspecified atom stereocenters. The van der Waals surface area contributed by atoms with E-state index in [-0.39, 0.29) is 22.4 Å². The average molecular weight is 756 g/mol. The van der Waals surface area contributed by atoms with Crippen LogP contribution in [0.5, 0.6) is 0 Å². The Labute approximate surface area is 245 Å². The standard InChI is InChI=1S/C21H13NS.C5H9N2.CHF3O3S.Au/c1-3-8-16(9-4-1)18-14-19(17-10-5-2-6-11-17)22-20(15-18)21-12-7-13-23-21;1-6-3-4-7(2)5-6;2-1(3,4)8(5,6)7;/h1-10,13-15H;3-5H,1-2H3;(H,5,6,7);/q-2;-1;;+3. The van der Waals surface area contributed by atoms with Gasteiger partial charge in [-0.1, -0.05) is 47.3 Å². The van der Waals surface area contributed by atoms with Gasteiger partial charge in [0.15, 0.2) is 0 Å². The summed E-state index contributed by atoms with van der Waals surface area (Å²) in [6.45, 7) is 2.00. The summed E-state index contributed by atoms with van der Waals surface area (Å²) < 4.78 is 57.5. The maximum Gasteiger partial charge on any atom is 3.00 e. The van der Waals surface area contributed by atoms with Crippen molar-refractivity contribution in [3.05, 3.63) is 109 Å². The molecule has 2 aromatic carbocycles. The van der Waals surface area contributed by atoms with Crippen molar-refractivity contribution in [2.75, 3.05) is 14.1 Å². The molecular weight excluding hydrogens is 732 g/mol. The molecule has 0 bridgehead atoms. The molecule has 0 aliphatic carbocycles. The zero-order valence-corrected chi connectivity index (χ0v) is 24.4. The maximum absolute atomic E-state index is 10.7. The van der Waals surface area contributed by atoms with Crippen molar-refractivity contribution >= 4 is 21.5 Å². The molecule has 0 amide bonds. The second-order valence-electron chi connectivity index (χ2n) is 7.83. The molecule has 0 saturated heterocycles. The topological polar surface area (TPSA) is 73.7 Å². The molecule has 5 rings (SSSR count). The first-order chi connectivity index (χ1) is 17.9. The molecule has 0 atom stereocenters. The minimum atomic E-state index is -5.84. The van der Waals surface area contributed by atoms with Gasteiger partial charge in [-0.2, -0.15) is 40.4 Å². The van der Waals surface area contributed by atoms with Crippen LogP contribution in [0.4, 0.5) is 13.2 Å². The minimum Gasteiger partial charge on any atom is -0.511 e. The molecular formula is C27H23AuF3N3O3S2. The van der Waals surface area contributed by atoms with Crippen molar-refractivity contribution in [3.63, 3.8) is 0 Å². The molecule has 39 heavy (non-hydrogen) atoms. The Balaban J connectivity index is 0.000000276. The van der Waals surface area contributed by atoms with Crippen molar-refractivity contribution in [2.45, 2.75) is 5.51 Å². The Kier molecular flexibility index (Phi) is 12.0. The molecule has 0 spiro atoms. The van der Waals surface area contributed by atoms with Crippen LogP contribution < -0.4 is 0 Å². The number of nitrogens with zero attached hydrogens (tertiary/aromatic N) is 3. The zero-order valence-electron chi connectivity index (χ0n) is 20.6. The van der Waals surface area contributed by atoms with Gasteiger partial charge >= 0.3 is 38.0 Å². The van der Waals surface area contributed by atoms with Crippen LogP contribution in [-0.2, 0) is 32.5 Å². The number of halogens is 3. The minimum absolute atomic E-state index is 0. The Morgan fingerprint density at radius 3 is 1.95 bits per heavy atom. The fraction of sp³-hybridized carbons (Fsp3) is 0.111. The fourth-order valence-corrected chi connectivity index (χ4v) is 3.72. The van der Waals surface area contributed by atoms with Gasteiger partial charge < -0.3 is 14.8 Å². The summed E-state index contributed by atoms with van der Waals surface area (Å²) in [6.07, 6.45) is 4.00. The molecule has 0 saturated carbocycles. The van der Waals surface area contributed by atoms with Crippen LogP contribution in [0.1, 0.15) is 0 Å². The van der Waals surface area contributed by atoms with Crippen LogP contribution in [0.2, 0.25) is 0 Å². The molecule has 6 nitrogen and oxygen atoms in total. The number of rotatable bonds is 3. The summed E-state index contributed by atoms with van der Waals surface area (Å²) in [5, 5.41) is 2.03. The second kappa shape index (κ2) is 14.5. The number of hydrogen-bond donors (Lipinski definition) is 1. The molecule has 4 aromatic rings. The largest absolute Gasteiger partial charge is 3.00 e. The third-order valence-electron chi connectivity index (χ3n) is 4.81. The maximum atomic E-state index is 10.7. The smallest absolute Gasteiger partial charge is 0.511 e. The van der Waals surface area contributed by atoms with E-state index in [1.807, 2.05) is 84.7 Å². The first-order valence-electron chi connectivity index (χ1n) is 10.9. The van der Waals surface area contributed by atoms with Crippen molar-refractivity contribution < 1.29 is 48.5 Å². The Hall–Kier alpha value is -2.93. The van der Waals surface area contributed by atoms with Crippen LogP contribution in [0.3, 0.4) is 0 Å². The van der Waals surface area contributed by atoms with Gasteiger partial charge in [0.2, 0.25) is 0 Å². The van der Waals surface area contributed by atoms with Crippen molar-refractivity contribution in [1.29, 1.82) is 0 Å². The van der Waals surface area contributed by atoms with Gasteiger partial charge in [0.05, 0.1) is 0 Å². The van der Waals surface area contributed by atoms with E-state index in [2.05, 4.69) is 48.5 Å². The van der Waals surface area contributed by atoms with Crippen LogP contribution in [0, 0.1) is 18.8 Å². The Bertz CT molecular complexity index is 1370. The Morgan fingerprint density at radius 2 is 1.49 bits per heavy atom. The van der Waals surface area contributed by atoms with Gasteiger partial charge in [-0.05, 0) is 49.0 Å². The predicted octanol–water partition coefficient (Wildman–Crippen LogP) is 6.59. The Morgan fingerprint density at radius 1 is 0.897 bits per heavy atom. The quantitative estimate of drug-likeness (QED) is 0.110. The summed E-state index contributed by atoms with van der Waals surface area (Å²) in [5.41, 5.74) is -0.303. The predicted molar refractivity (Wildman–Crippen MR) is 143 cm³/mol. The van der Waals surface area contributed by atoms with E-state index >= 15 is 0 Å². The molecule has 1 N–H and O–H groups in total. The molecule has 1 aliphatic heterocycles. The molecule has 0 fully saturated rings. The third kappa shape index (κ3) is 9.96. The number of thiophene rings is 1. The summed E-state index contributed by atoms with van der Waals surface area (Å²) in [7, 11) is -1.84. The number of hydrogen-bond acceptors (Lipinski definition) is 6. The van der Waals surface area contributed by atoms with Crippen molar-refractivity contribution in [3.8, 4) is 33.0 Å². The van der Waals surface area contributed by atoms with E-state index < -0.39 is 15.6 Å². The zero-order chi connectivity index (χ0) is 27.8. The van der Waals surface area contributed by atoms with Crippen LogP contribution >= 0.6 is 11.3 Å². The fourth-order valence-electron chi connectivity index (χ4n) is 3.09. The van der Waals surface area contributed by atoms with Crippen molar-refractivity contribution in [1.82, 2.24) is 14.8 Å². The molecule has 1 aliphatic rings. The monoisotopic (exact) mass is 755 g/mol. The van der Waals surface area contributed by atoms with E-state index in [1.165, 1.54) is 5.56 Å². The number of aromatic nitrogens is 1. The van der Waals surface area contributed by atoms with E-state index in [1.54, 1.807) is 11.3 Å². The molecule has 208 valence electrons. The molecule has 12 heteroatoms. The summed E-state index contributed by atoms with van der Waals surface area (Å²) in [5.74, 6) is 0. The summed E-state index contributed by atoms with van der Waals surface area (Å²) in [6, 6.07) is 31.0. The van der Waals surface area contributed by atoms with Gasteiger partial charge in [0, 0.05) is 0 Å². The first kappa shape index (κ1) is 32.3.